The summed E-state index contributed by atoms with van der Waals surface area (Å²) in [6.07, 6.45) is -1.08. The van der Waals surface area contributed by atoms with Gasteiger partial charge in [-0.3, -0.25) is 0 Å². The van der Waals surface area contributed by atoms with Crippen molar-refractivity contribution in [2.75, 3.05) is 0 Å². The maximum atomic E-state index is 10.4. The van der Waals surface area contributed by atoms with Crippen molar-refractivity contribution < 1.29 is 27.3 Å². The molecule has 0 spiro atoms. The molecule has 8 heteroatoms. The van der Waals surface area contributed by atoms with E-state index in [1.807, 2.05) is 0 Å². The van der Waals surface area contributed by atoms with Crippen molar-refractivity contribution in [3.8, 4) is 0 Å². The van der Waals surface area contributed by atoms with Crippen molar-refractivity contribution in [2.45, 2.75) is 0 Å². The highest BCUT2D eigenvalue weighted by molar-refractivity contribution is 7.56. The van der Waals surface area contributed by atoms with Crippen molar-refractivity contribution in [3.63, 3.8) is 0 Å². The van der Waals surface area contributed by atoms with Gasteiger partial charge in [-0.25, -0.2) is 13.9 Å². The molecule has 50 valence electrons. The summed E-state index contributed by atoms with van der Waals surface area (Å²) >= 11 is 0. The fourth-order valence-corrected chi connectivity index (χ4v) is 1.24. The molecule has 0 amide bonds. The van der Waals surface area contributed by atoms with E-state index in [0.29, 0.717) is 0 Å². The van der Waals surface area contributed by atoms with Crippen molar-refractivity contribution in [2.24, 2.45) is 0 Å². The molecule has 6 nitrogen and oxygen atoms in total. The lowest BCUT2D eigenvalue weighted by Crippen LogP contribution is -2.16. The van der Waals surface area contributed by atoms with E-state index in [0.717, 1.165) is 0 Å². The Morgan fingerprint density at radius 1 is 1.56 bits per heavy atom. The zero-order valence-electron chi connectivity index (χ0n) is 3.84. The topological polar surface area (TPSA) is 78.9 Å². The molecule has 1 fully saturated rings. The van der Waals surface area contributed by atoms with Crippen molar-refractivity contribution >= 4 is 22.7 Å². The summed E-state index contributed by atoms with van der Waals surface area (Å²) in [7, 11) is -4.57. The van der Waals surface area contributed by atoms with Gasteiger partial charge in [-0.05, 0) is 0 Å². The molecule has 0 N–H and O–H groups in total. The molecule has 9 heavy (non-hydrogen) atoms. The lowest BCUT2D eigenvalue weighted by molar-refractivity contribution is 0.0769. The first-order chi connectivity index (χ1) is 4.16. The molecule has 0 aliphatic carbocycles. The second-order valence-corrected chi connectivity index (χ2v) is 3.10. The minimum Gasteiger partial charge on any atom is -0.327 e. The Bertz CT molecular complexity index is 175. The molecular weight excluding hydrogens is 170 g/mol. The lowest BCUT2D eigenvalue weighted by Gasteiger charge is -2.19. The van der Waals surface area contributed by atoms with Crippen LogP contribution in [0.5, 0.6) is 0 Å². The zero-order chi connectivity index (χ0) is 6.91. The Balaban J connectivity index is 2.50. The standard InChI is InChI=1S/CO6P2/c2-1-5-9(4,6-1)7-8-3. The molecule has 1 aliphatic rings. The van der Waals surface area contributed by atoms with Crippen LogP contribution in [0.25, 0.3) is 0 Å². The second-order valence-electron chi connectivity index (χ2n) is 1.04. The van der Waals surface area contributed by atoms with Crippen LogP contribution in [0.1, 0.15) is 0 Å². The van der Waals surface area contributed by atoms with E-state index in [1.165, 1.54) is 0 Å². The van der Waals surface area contributed by atoms with E-state index in [1.54, 1.807) is 0 Å². The summed E-state index contributed by atoms with van der Waals surface area (Å²) in [5, 5.41) is 0. The molecule has 0 radical (unpaired) electrons. The van der Waals surface area contributed by atoms with E-state index in [9.17, 15) is 13.9 Å². The van der Waals surface area contributed by atoms with Crippen LogP contribution >= 0.6 is 16.5 Å². The van der Waals surface area contributed by atoms with E-state index in [4.69, 9.17) is 0 Å². The number of rotatable bonds is 2. The van der Waals surface area contributed by atoms with Gasteiger partial charge in [0.2, 0.25) is 0 Å². The second kappa shape index (κ2) is 2.06. The van der Waals surface area contributed by atoms with E-state index >= 15 is 0 Å². The van der Waals surface area contributed by atoms with Gasteiger partial charge in [0.25, 0.3) is 0 Å². The minimum absolute atomic E-state index is 0.844. The normalized spacial score (nSPS) is 22.0. The Kier molecular flexibility index (Phi) is 1.53. The summed E-state index contributed by atoms with van der Waals surface area (Å²) < 4.78 is 31.4. The van der Waals surface area contributed by atoms with Crippen LogP contribution in [0.15, 0.2) is 0 Å². The predicted molar refractivity (Wildman–Crippen MR) is 23.9 cm³/mol. The molecular formula is CO6P2. The van der Waals surface area contributed by atoms with Crippen molar-refractivity contribution in [1.82, 2.24) is 0 Å². The molecule has 1 heterocycles. The third-order valence-corrected chi connectivity index (χ3v) is 2.32. The molecule has 1 rings (SSSR count). The highest BCUT2D eigenvalue weighted by atomic mass is 31.2. The van der Waals surface area contributed by atoms with Crippen LogP contribution in [0.2, 0.25) is 0 Å². The number of hydrogen-bond donors (Lipinski definition) is 0. The fraction of sp³-hybridized carbons (Fsp3) is 0. The van der Waals surface area contributed by atoms with Crippen LogP contribution in [0, 0.1) is 0 Å². The first-order valence-corrected chi connectivity index (χ1v) is 3.90. The number of carbonyl (C=O) groups excluding carboxylic acids is 1. The Labute approximate surface area is 51.0 Å². The first-order valence-electron chi connectivity index (χ1n) is 1.71. The summed E-state index contributed by atoms with van der Waals surface area (Å²) in [5.74, 6) is 0. The molecule has 0 bridgehead atoms. The summed E-state index contributed by atoms with van der Waals surface area (Å²) in [4.78, 5) is 9.79. The predicted octanol–water partition coefficient (Wildman–Crippen LogP) is 1.48. The largest absolute Gasteiger partial charge is 0.607 e. The average molecular weight is 170 g/mol. The Morgan fingerprint density at radius 3 is 2.44 bits per heavy atom. The van der Waals surface area contributed by atoms with Crippen LogP contribution in [0.3, 0.4) is 0 Å². The molecule has 0 unspecified atom stereocenters. The lowest BCUT2D eigenvalue weighted by atomic mass is 11.5. The molecule has 1 aliphatic heterocycles. The highest BCUT2D eigenvalue weighted by Crippen LogP contribution is 2.60. The van der Waals surface area contributed by atoms with Gasteiger partial charge in [0.05, 0.1) is 0 Å². The summed E-state index contributed by atoms with van der Waals surface area (Å²) in [6, 6.07) is 0. The minimum atomic E-state index is -3.72. The fourth-order valence-electron chi connectivity index (χ4n) is 0.264. The van der Waals surface area contributed by atoms with Gasteiger partial charge in [0, 0.05) is 0 Å². The van der Waals surface area contributed by atoms with Crippen LogP contribution < -0.4 is 0 Å². The van der Waals surface area contributed by atoms with Gasteiger partial charge >= 0.3 is 22.7 Å². The van der Waals surface area contributed by atoms with Gasteiger partial charge < -0.3 is 9.05 Å². The maximum Gasteiger partial charge on any atom is 0.607 e. The summed E-state index contributed by atoms with van der Waals surface area (Å²) in [6.45, 7) is 0. The van der Waals surface area contributed by atoms with E-state index < -0.39 is 22.7 Å². The van der Waals surface area contributed by atoms with Gasteiger partial charge in [-0.2, -0.15) is 4.31 Å². The third-order valence-electron chi connectivity index (χ3n) is 0.506. The van der Waals surface area contributed by atoms with Gasteiger partial charge in [-0.1, -0.05) is 0 Å². The zero-order valence-corrected chi connectivity index (χ0v) is 5.63. The Hall–Kier alpha value is -0.440. The van der Waals surface area contributed by atoms with E-state index in [-0.39, 0.29) is 0 Å². The van der Waals surface area contributed by atoms with Crippen LogP contribution in [-0.2, 0) is 22.5 Å². The van der Waals surface area contributed by atoms with Crippen molar-refractivity contribution in [1.29, 1.82) is 0 Å². The van der Waals surface area contributed by atoms with Crippen molar-refractivity contribution in [3.05, 3.63) is 0 Å². The molecule has 0 atom stereocenters. The molecule has 0 aromatic heterocycles. The van der Waals surface area contributed by atoms with Crippen LogP contribution in [0.4, 0.5) is 4.79 Å². The molecule has 0 aromatic carbocycles. The smallest absolute Gasteiger partial charge is 0.327 e. The number of phosphoric acid groups is 1. The number of phosphoric ester groups is 1. The summed E-state index contributed by atoms with van der Waals surface area (Å²) in [5.41, 5.74) is 0. The third kappa shape index (κ3) is 1.27. The molecule has 0 saturated carbocycles. The maximum absolute atomic E-state index is 10.4. The van der Waals surface area contributed by atoms with Gasteiger partial charge in [0.1, 0.15) is 0 Å². The van der Waals surface area contributed by atoms with Gasteiger partial charge in [-0.15, -0.1) is 0 Å². The average Bonchev–Trinajstić information content (AvgIpc) is 1.62. The quantitative estimate of drug-likeness (QED) is 0.583. The van der Waals surface area contributed by atoms with Crippen LogP contribution in [-0.4, -0.2) is 6.16 Å². The monoisotopic (exact) mass is 170 g/mol. The molecule has 0 aromatic rings. The first kappa shape index (κ1) is 6.68. The highest BCUT2D eigenvalue weighted by Gasteiger charge is 2.47. The SMILES string of the molecule is O=POP1(=O)OC(=O)O1. The Morgan fingerprint density at radius 2 is 2.11 bits per heavy atom. The molecule has 1 saturated heterocycles. The van der Waals surface area contributed by atoms with E-state index in [2.05, 4.69) is 13.4 Å². The van der Waals surface area contributed by atoms with Gasteiger partial charge in [0.15, 0.2) is 0 Å². The number of carbonyl (C=O) groups is 1. The number of hydrogen-bond acceptors (Lipinski definition) is 6.